The van der Waals surface area contributed by atoms with Crippen molar-refractivity contribution in [3.63, 3.8) is 0 Å². The van der Waals surface area contributed by atoms with Crippen LogP contribution in [0.3, 0.4) is 0 Å². The van der Waals surface area contributed by atoms with E-state index in [9.17, 15) is 9.59 Å². The van der Waals surface area contributed by atoms with Gasteiger partial charge in [-0.05, 0) is 23.6 Å². The van der Waals surface area contributed by atoms with E-state index in [4.69, 9.17) is 0 Å². The number of hydrogen-bond donors (Lipinski definition) is 0. The summed E-state index contributed by atoms with van der Waals surface area (Å²) in [7, 11) is 0. The topological polar surface area (TPSA) is 50.3 Å². The summed E-state index contributed by atoms with van der Waals surface area (Å²) >= 11 is 0. The van der Waals surface area contributed by atoms with Gasteiger partial charge >= 0.3 is 0 Å². The third-order valence-corrected chi connectivity index (χ3v) is 3.73. The molecule has 1 fully saturated rings. The minimum Gasteiger partial charge on any atom is -0.278 e. The van der Waals surface area contributed by atoms with Crippen LogP contribution in [0, 0.1) is 5.92 Å². The molecule has 1 aliphatic rings. The maximum Gasteiger partial charge on any atom is 0.233 e. The van der Waals surface area contributed by atoms with Crippen LogP contribution < -0.4 is 0 Å². The quantitative estimate of drug-likeness (QED) is 0.807. The van der Waals surface area contributed by atoms with Crippen molar-refractivity contribution in [1.29, 1.82) is 0 Å². The fraction of sp³-hybridized carbons (Fsp3) is 0.235. The van der Waals surface area contributed by atoms with Gasteiger partial charge in [0, 0.05) is 18.8 Å². The number of likely N-dealkylation sites (tertiary alicyclic amines) is 1. The lowest BCUT2D eigenvalue weighted by atomic mass is 9.98. The summed E-state index contributed by atoms with van der Waals surface area (Å²) in [6.45, 7) is 0.316. The van der Waals surface area contributed by atoms with E-state index in [-0.39, 0.29) is 17.7 Å². The van der Waals surface area contributed by atoms with Crippen molar-refractivity contribution >= 4 is 11.8 Å². The first-order chi connectivity index (χ1) is 10.2. The Balaban J connectivity index is 1.70. The number of aromatic nitrogens is 1. The lowest BCUT2D eigenvalue weighted by molar-refractivity contribution is -0.140. The van der Waals surface area contributed by atoms with Gasteiger partial charge in [0.1, 0.15) is 0 Å². The number of imide groups is 1. The van der Waals surface area contributed by atoms with Crippen LogP contribution in [0.4, 0.5) is 0 Å². The van der Waals surface area contributed by atoms with Crippen molar-refractivity contribution in [2.24, 2.45) is 5.92 Å². The Hall–Kier alpha value is -2.49. The molecular weight excluding hydrogens is 264 g/mol. The van der Waals surface area contributed by atoms with E-state index in [0.29, 0.717) is 19.4 Å². The molecule has 2 amide bonds. The highest BCUT2D eigenvalue weighted by Gasteiger charge is 2.38. The first-order valence-electron chi connectivity index (χ1n) is 7.01. The van der Waals surface area contributed by atoms with Crippen LogP contribution in [-0.4, -0.2) is 21.7 Å². The van der Waals surface area contributed by atoms with Gasteiger partial charge in [-0.1, -0.05) is 36.4 Å². The lowest BCUT2D eigenvalue weighted by Gasteiger charge is -2.14. The molecule has 106 valence electrons. The Bertz CT molecular complexity index is 640. The molecule has 2 heterocycles. The Morgan fingerprint density at radius 1 is 1.05 bits per heavy atom. The molecule has 0 radical (unpaired) electrons. The first kappa shape index (κ1) is 13.5. The van der Waals surface area contributed by atoms with E-state index in [2.05, 4.69) is 4.98 Å². The highest BCUT2D eigenvalue weighted by atomic mass is 16.2. The molecule has 4 nitrogen and oxygen atoms in total. The third-order valence-electron chi connectivity index (χ3n) is 3.73. The van der Waals surface area contributed by atoms with Gasteiger partial charge < -0.3 is 0 Å². The summed E-state index contributed by atoms with van der Waals surface area (Å²) in [6.07, 6.45) is 4.28. The predicted octanol–water partition coefficient (Wildman–Crippen LogP) is 2.20. The number of hydrogen-bond acceptors (Lipinski definition) is 3. The fourth-order valence-electron chi connectivity index (χ4n) is 2.65. The summed E-state index contributed by atoms with van der Waals surface area (Å²) in [4.78, 5) is 29.8. The van der Waals surface area contributed by atoms with Crippen LogP contribution in [0.25, 0.3) is 0 Å². The SMILES string of the molecule is O=C1C[C@@H](Cc2ccccc2)C(=O)N1Cc1cccnc1. The lowest BCUT2D eigenvalue weighted by Crippen LogP contribution is -2.30. The van der Waals surface area contributed by atoms with E-state index in [1.54, 1.807) is 12.4 Å². The highest BCUT2D eigenvalue weighted by Crippen LogP contribution is 2.25. The molecule has 0 N–H and O–H groups in total. The molecule has 21 heavy (non-hydrogen) atoms. The van der Waals surface area contributed by atoms with Crippen LogP contribution in [0.2, 0.25) is 0 Å². The van der Waals surface area contributed by atoms with Crippen LogP contribution in [0.5, 0.6) is 0 Å². The Kier molecular flexibility index (Phi) is 3.77. The fourth-order valence-corrected chi connectivity index (χ4v) is 2.65. The predicted molar refractivity (Wildman–Crippen MR) is 78.0 cm³/mol. The monoisotopic (exact) mass is 280 g/mol. The van der Waals surface area contributed by atoms with Gasteiger partial charge in [0.15, 0.2) is 0 Å². The van der Waals surface area contributed by atoms with Crippen LogP contribution in [0.1, 0.15) is 17.5 Å². The summed E-state index contributed by atoms with van der Waals surface area (Å²) in [5, 5.41) is 0. The molecule has 0 aliphatic carbocycles. The number of amides is 2. The van der Waals surface area contributed by atoms with Crippen molar-refractivity contribution in [3.8, 4) is 0 Å². The number of carbonyl (C=O) groups excluding carboxylic acids is 2. The summed E-state index contributed by atoms with van der Waals surface area (Å²) in [6, 6.07) is 13.5. The molecule has 0 spiro atoms. The highest BCUT2D eigenvalue weighted by molar-refractivity contribution is 6.03. The maximum atomic E-state index is 12.4. The molecule has 1 aromatic carbocycles. The minimum atomic E-state index is -0.239. The molecule has 0 saturated carbocycles. The van der Waals surface area contributed by atoms with Gasteiger partial charge in [-0.25, -0.2) is 0 Å². The Morgan fingerprint density at radius 2 is 1.81 bits per heavy atom. The Labute approximate surface area is 123 Å². The molecule has 4 heteroatoms. The number of nitrogens with zero attached hydrogens (tertiary/aromatic N) is 2. The zero-order chi connectivity index (χ0) is 14.7. The van der Waals surface area contributed by atoms with Gasteiger partial charge in [0.25, 0.3) is 0 Å². The second-order valence-corrected chi connectivity index (χ2v) is 5.27. The van der Waals surface area contributed by atoms with E-state index in [1.165, 1.54) is 4.90 Å². The van der Waals surface area contributed by atoms with Crippen LogP contribution in [0.15, 0.2) is 54.9 Å². The van der Waals surface area contributed by atoms with E-state index < -0.39 is 0 Å². The summed E-state index contributed by atoms with van der Waals surface area (Å²) in [5.41, 5.74) is 1.96. The van der Waals surface area contributed by atoms with Crippen LogP contribution in [-0.2, 0) is 22.6 Å². The van der Waals surface area contributed by atoms with E-state index in [1.807, 2.05) is 42.5 Å². The largest absolute Gasteiger partial charge is 0.278 e. The number of rotatable bonds is 4. The molecule has 0 bridgehead atoms. The minimum absolute atomic E-state index is 0.0762. The molecule has 3 rings (SSSR count). The molecule has 0 unspecified atom stereocenters. The summed E-state index contributed by atoms with van der Waals surface area (Å²) in [5.74, 6) is -0.408. The first-order valence-corrected chi connectivity index (χ1v) is 7.01. The van der Waals surface area contributed by atoms with Crippen molar-refractivity contribution in [1.82, 2.24) is 9.88 Å². The molecule has 1 aliphatic heterocycles. The van der Waals surface area contributed by atoms with Crippen molar-refractivity contribution in [3.05, 3.63) is 66.0 Å². The average Bonchev–Trinajstić information content (AvgIpc) is 2.77. The maximum absolute atomic E-state index is 12.4. The van der Waals surface area contributed by atoms with E-state index in [0.717, 1.165) is 11.1 Å². The molecule has 1 saturated heterocycles. The zero-order valence-corrected chi connectivity index (χ0v) is 11.6. The average molecular weight is 280 g/mol. The second-order valence-electron chi connectivity index (χ2n) is 5.27. The normalized spacial score (nSPS) is 18.3. The summed E-state index contributed by atoms with van der Waals surface area (Å²) < 4.78 is 0. The van der Waals surface area contributed by atoms with Crippen molar-refractivity contribution in [2.45, 2.75) is 19.4 Å². The van der Waals surface area contributed by atoms with Crippen molar-refractivity contribution in [2.75, 3.05) is 0 Å². The van der Waals surface area contributed by atoms with Gasteiger partial charge in [0.05, 0.1) is 12.5 Å². The van der Waals surface area contributed by atoms with Gasteiger partial charge in [-0.3, -0.25) is 19.5 Å². The molecule has 1 atom stereocenters. The molecular formula is C17H16N2O2. The molecule has 1 aromatic heterocycles. The zero-order valence-electron chi connectivity index (χ0n) is 11.6. The van der Waals surface area contributed by atoms with Crippen LogP contribution >= 0.6 is 0 Å². The van der Waals surface area contributed by atoms with E-state index >= 15 is 0 Å². The van der Waals surface area contributed by atoms with Gasteiger partial charge in [-0.15, -0.1) is 0 Å². The number of carbonyl (C=O) groups is 2. The number of pyridine rings is 1. The van der Waals surface area contributed by atoms with Gasteiger partial charge in [-0.2, -0.15) is 0 Å². The Morgan fingerprint density at radius 3 is 2.52 bits per heavy atom. The standard InChI is InChI=1S/C17H16N2O2/c20-16-10-15(9-13-5-2-1-3-6-13)17(21)19(16)12-14-7-4-8-18-11-14/h1-8,11,15H,9-10,12H2/t15-/m1/s1. The van der Waals surface area contributed by atoms with Crippen molar-refractivity contribution < 1.29 is 9.59 Å². The smallest absolute Gasteiger partial charge is 0.233 e. The van der Waals surface area contributed by atoms with Gasteiger partial charge in [0.2, 0.25) is 11.8 Å². The molecule has 2 aromatic rings. The number of benzene rings is 1. The third kappa shape index (κ3) is 2.99. The second kappa shape index (κ2) is 5.87.